The molecular formula is C23H25N3O3. The first-order valence-electron chi connectivity index (χ1n) is 10.1. The molecule has 0 radical (unpaired) electrons. The van der Waals surface area contributed by atoms with Crippen molar-refractivity contribution >= 4 is 11.6 Å². The minimum absolute atomic E-state index is 0.188. The molecule has 0 atom stereocenters. The van der Waals surface area contributed by atoms with Crippen LogP contribution in [0.5, 0.6) is 11.5 Å². The molecule has 0 saturated carbocycles. The Morgan fingerprint density at radius 2 is 1.83 bits per heavy atom. The van der Waals surface area contributed by atoms with Crippen molar-refractivity contribution in [2.45, 2.75) is 33.2 Å². The number of aromatic nitrogens is 2. The van der Waals surface area contributed by atoms with E-state index in [9.17, 15) is 4.79 Å². The molecular weight excluding hydrogens is 366 g/mol. The van der Waals surface area contributed by atoms with Gasteiger partial charge in [-0.05, 0) is 56.2 Å². The molecule has 2 heterocycles. The van der Waals surface area contributed by atoms with Crippen molar-refractivity contribution in [2.75, 3.05) is 18.5 Å². The Hall–Kier alpha value is -3.28. The first-order valence-corrected chi connectivity index (χ1v) is 10.1. The highest BCUT2D eigenvalue weighted by molar-refractivity contribution is 6.04. The van der Waals surface area contributed by atoms with E-state index in [1.54, 1.807) is 18.2 Å². The van der Waals surface area contributed by atoms with Crippen LogP contribution in [0.25, 0.3) is 11.3 Å². The number of fused-ring (bicyclic) bond motifs is 1. The summed E-state index contributed by atoms with van der Waals surface area (Å²) in [7, 11) is 0. The Morgan fingerprint density at radius 1 is 1.07 bits per heavy atom. The van der Waals surface area contributed by atoms with E-state index in [0.29, 0.717) is 30.3 Å². The van der Waals surface area contributed by atoms with E-state index in [4.69, 9.17) is 9.47 Å². The predicted octanol–water partition coefficient (Wildman–Crippen LogP) is 4.55. The van der Waals surface area contributed by atoms with Gasteiger partial charge in [0.1, 0.15) is 5.82 Å². The molecule has 1 amide bonds. The van der Waals surface area contributed by atoms with Crippen LogP contribution in [0.4, 0.5) is 5.69 Å². The highest BCUT2D eigenvalue weighted by Crippen LogP contribution is 2.29. The van der Waals surface area contributed by atoms with E-state index in [1.165, 1.54) is 0 Å². The Morgan fingerprint density at radius 3 is 2.59 bits per heavy atom. The largest absolute Gasteiger partial charge is 0.490 e. The van der Waals surface area contributed by atoms with Gasteiger partial charge in [0.05, 0.1) is 25.1 Å². The van der Waals surface area contributed by atoms with E-state index in [2.05, 4.69) is 14.9 Å². The number of nitrogens with zero attached hydrogens (tertiary/aromatic N) is 2. The van der Waals surface area contributed by atoms with Crippen molar-refractivity contribution in [3.63, 3.8) is 0 Å². The molecule has 29 heavy (non-hydrogen) atoms. The maximum absolute atomic E-state index is 12.7. The minimum Gasteiger partial charge on any atom is -0.490 e. The third-order valence-corrected chi connectivity index (χ3v) is 4.96. The normalized spacial score (nSPS) is 12.5. The average Bonchev–Trinajstić information content (AvgIpc) is 3.34. The van der Waals surface area contributed by atoms with Crippen molar-refractivity contribution in [1.82, 2.24) is 9.55 Å². The van der Waals surface area contributed by atoms with Crippen LogP contribution in [-0.4, -0.2) is 28.7 Å². The first-order chi connectivity index (χ1) is 14.2. The Labute approximate surface area is 170 Å². The van der Waals surface area contributed by atoms with Gasteiger partial charge < -0.3 is 19.4 Å². The molecule has 150 valence electrons. The highest BCUT2D eigenvalue weighted by Gasteiger charge is 2.17. The zero-order valence-corrected chi connectivity index (χ0v) is 16.8. The summed E-state index contributed by atoms with van der Waals surface area (Å²) in [6.07, 6.45) is 4.12. The molecule has 1 aromatic heterocycles. The lowest BCUT2D eigenvalue weighted by molar-refractivity contribution is 0.102. The van der Waals surface area contributed by atoms with Crippen molar-refractivity contribution in [3.8, 4) is 22.8 Å². The van der Waals surface area contributed by atoms with Gasteiger partial charge in [-0.1, -0.05) is 12.1 Å². The van der Waals surface area contributed by atoms with Gasteiger partial charge in [-0.3, -0.25) is 4.79 Å². The van der Waals surface area contributed by atoms with Gasteiger partial charge in [0.25, 0.3) is 5.91 Å². The van der Waals surface area contributed by atoms with Gasteiger partial charge >= 0.3 is 0 Å². The Balaban J connectivity index is 1.49. The zero-order chi connectivity index (χ0) is 20.2. The van der Waals surface area contributed by atoms with Crippen LogP contribution in [0.3, 0.4) is 0 Å². The number of rotatable bonds is 7. The Kier molecular flexibility index (Phi) is 5.51. The van der Waals surface area contributed by atoms with Gasteiger partial charge in [0, 0.05) is 24.2 Å². The lowest BCUT2D eigenvalue weighted by Gasteiger charge is -2.13. The number of hydrogen-bond acceptors (Lipinski definition) is 4. The second-order valence-electron chi connectivity index (χ2n) is 6.87. The fourth-order valence-electron chi connectivity index (χ4n) is 3.61. The SMILES string of the molecule is CCOc1ccc(C(=O)Nc2ccc(-c3cnc4n3CCC4)cc2)cc1OCC. The minimum atomic E-state index is -0.188. The highest BCUT2D eigenvalue weighted by atomic mass is 16.5. The number of carbonyl (C=O) groups excluding carboxylic acids is 1. The number of ether oxygens (including phenoxy) is 2. The van der Waals surface area contributed by atoms with Gasteiger partial charge in [-0.25, -0.2) is 4.98 Å². The van der Waals surface area contributed by atoms with Crippen LogP contribution in [0.1, 0.15) is 36.5 Å². The van der Waals surface area contributed by atoms with Crippen LogP contribution in [0.2, 0.25) is 0 Å². The Bertz CT molecular complexity index is 1010. The molecule has 0 aliphatic carbocycles. The molecule has 6 nitrogen and oxygen atoms in total. The maximum atomic E-state index is 12.7. The summed E-state index contributed by atoms with van der Waals surface area (Å²) in [5.41, 5.74) is 3.49. The molecule has 0 spiro atoms. The molecule has 2 aromatic carbocycles. The summed E-state index contributed by atoms with van der Waals surface area (Å²) < 4.78 is 13.4. The van der Waals surface area contributed by atoms with Gasteiger partial charge in [0.2, 0.25) is 0 Å². The molecule has 0 bridgehead atoms. The summed E-state index contributed by atoms with van der Waals surface area (Å²) in [4.78, 5) is 17.2. The van der Waals surface area contributed by atoms with Gasteiger partial charge in [-0.2, -0.15) is 0 Å². The standard InChI is InChI=1S/C23H25N3O3/c1-3-28-20-12-9-17(14-21(20)29-4-2)23(27)25-18-10-7-16(8-11-18)19-15-24-22-6-5-13-26(19)22/h7-12,14-15H,3-6,13H2,1-2H3,(H,25,27). The zero-order valence-electron chi connectivity index (χ0n) is 16.8. The number of hydrogen-bond donors (Lipinski definition) is 1. The van der Waals surface area contributed by atoms with Crippen LogP contribution in [0.15, 0.2) is 48.7 Å². The third kappa shape index (κ3) is 3.97. The van der Waals surface area contributed by atoms with E-state index >= 15 is 0 Å². The second-order valence-corrected chi connectivity index (χ2v) is 6.87. The molecule has 4 rings (SSSR count). The maximum Gasteiger partial charge on any atom is 0.255 e. The van der Waals surface area contributed by atoms with Gasteiger partial charge in [0.15, 0.2) is 11.5 Å². The predicted molar refractivity (Wildman–Crippen MR) is 113 cm³/mol. The first kappa shape index (κ1) is 19.1. The number of imidazole rings is 1. The number of carbonyl (C=O) groups is 1. The van der Waals surface area contributed by atoms with Crippen LogP contribution in [0, 0.1) is 0 Å². The van der Waals surface area contributed by atoms with Crippen molar-refractivity contribution < 1.29 is 14.3 Å². The number of benzene rings is 2. The van der Waals surface area contributed by atoms with Crippen LogP contribution >= 0.6 is 0 Å². The molecule has 1 aliphatic heterocycles. The molecule has 0 unspecified atom stereocenters. The monoisotopic (exact) mass is 391 g/mol. The molecule has 0 saturated heterocycles. The van der Waals surface area contributed by atoms with Crippen LogP contribution in [-0.2, 0) is 13.0 Å². The van der Waals surface area contributed by atoms with E-state index in [-0.39, 0.29) is 5.91 Å². The third-order valence-electron chi connectivity index (χ3n) is 4.96. The summed E-state index contributed by atoms with van der Waals surface area (Å²) in [6, 6.07) is 13.1. The lowest BCUT2D eigenvalue weighted by atomic mass is 10.1. The van der Waals surface area contributed by atoms with E-state index in [1.807, 2.05) is 44.3 Å². The summed E-state index contributed by atoms with van der Waals surface area (Å²) >= 11 is 0. The summed E-state index contributed by atoms with van der Waals surface area (Å²) in [5.74, 6) is 2.18. The van der Waals surface area contributed by atoms with E-state index in [0.717, 1.165) is 42.2 Å². The summed E-state index contributed by atoms with van der Waals surface area (Å²) in [5, 5.41) is 2.95. The molecule has 3 aromatic rings. The lowest BCUT2D eigenvalue weighted by Crippen LogP contribution is -2.12. The van der Waals surface area contributed by atoms with Crippen molar-refractivity contribution in [3.05, 3.63) is 60.0 Å². The van der Waals surface area contributed by atoms with E-state index < -0.39 is 0 Å². The van der Waals surface area contributed by atoms with Crippen molar-refractivity contribution in [1.29, 1.82) is 0 Å². The topological polar surface area (TPSA) is 65.4 Å². The smallest absolute Gasteiger partial charge is 0.255 e. The molecule has 1 aliphatic rings. The second kappa shape index (κ2) is 8.39. The summed E-state index contributed by atoms with van der Waals surface area (Å²) in [6.45, 7) is 5.88. The van der Waals surface area contributed by atoms with Crippen LogP contribution < -0.4 is 14.8 Å². The number of aryl methyl sites for hydroxylation is 1. The fourth-order valence-corrected chi connectivity index (χ4v) is 3.61. The average molecular weight is 391 g/mol. The molecule has 0 fully saturated rings. The number of amides is 1. The van der Waals surface area contributed by atoms with Crippen molar-refractivity contribution in [2.24, 2.45) is 0 Å². The fraction of sp³-hybridized carbons (Fsp3) is 0.304. The molecule has 6 heteroatoms. The van der Waals surface area contributed by atoms with Gasteiger partial charge in [-0.15, -0.1) is 0 Å². The number of anilines is 1. The number of nitrogens with one attached hydrogen (secondary N) is 1. The molecule has 1 N–H and O–H groups in total. The quantitative estimate of drug-likeness (QED) is 0.642.